The fraction of sp³-hybridized carbons (Fsp3) is 0.348. The first-order valence-corrected chi connectivity index (χ1v) is 9.78. The zero-order valence-electron chi connectivity index (χ0n) is 17.1. The fourth-order valence-electron chi connectivity index (χ4n) is 4.37. The van der Waals surface area contributed by atoms with E-state index in [1.165, 1.54) is 25.3 Å². The quantitative estimate of drug-likeness (QED) is 0.691. The monoisotopic (exact) mass is 413 g/mol. The van der Waals surface area contributed by atoms with Crippen LogP contribution in [0.15, 0.2) is 45.6 Å². The maximum absolute atomic E-state index is 13.8. The minimum atomic E-state index is -0.420. The van der Waals surface area contributed by atoms with Crippen LogP contribution in [0.3, 0.4) is 0 Å². The van der Waals surface area contributed by atoms with Gasteiger partial charge in [-0.25, -0.2) is 4.39 Å². The molecule has 1 aliphatic heterocycles. The van der Waals surface area contributed by atoms with Crippen LogP contribution in [0.5, 0.6) is 11.5 Å². The molecule has 0 amide bonds. The maximum Gasteiger partial charge on any atom is 0.197 e. The van der Waals surface area contributed by atoms with E-state index in [2.05, 4.69) is 4.90 Å². The van der Waals surface area contributed by atoms with E-state index in [0.717, 1.165) is 13.0 Å². The first kappa shape index (κ1) is 20.4. The zero-order chi connectivity index (χ0) is 21.4. The predicted octanol–water partition coefficient (Wildman–Crippen LogP) is 3.40. The van der Waals surface area contributed by atoms with Crippen molar-refractivity contribution in [1.82, 2.24) is 4.90 Å². The SMILES string of the molecule is COc1cc(OC)c2c(=O)cc(-c3cccc(F)c3)oc2c1[C@H]1CCN(C)[C@@H]1CO. The van der Waals surface area contributed by atoms with E-state index < -0.39 is 5.82 Å². The highest BCUT2D eigenvalue weighted by molar-refractivity contribution is 5.90. The molecular weight excluding hydrogens is 389 g/mol. The molecule has 1 saturated heterocycles. The predicted molar refractivity (Wildman–Crippen MR) is 112 cm³/mol. The van der Waals surface area contributed by atoms with Gasteiger partial charge in [0.1, 0.15) is 34.0 Å². The smallest absolute Gasteiger partial charge is 0.197 e. The number of aliphatic hydroxyl groups excluding tert-OH is 1. The van der Waals surface area contributed by atoms with Crippen molar-refractivity contribution < 1.29 is 23.4 Å². The largest absolute Gasteiger partial charge is 0.496 e. The summed E-state index contributed by atoms with van der Waals surface area (Å²) in [5, 5.41) is 10.3. The highest BCUT2D eigenvalue weighted by atomic mass is 19.1. The van der Waals surface area contributed by atoms with Gasteiger partial charge in [-0.1, -0.05) is 12.1 Å². The van der Waals surface area contributed by atoms with Gasteiger partial charge in [-0.05, 0) is 32.1 Å². The van der Waals surface area contributed by atoms with Crippen LogP contribution in [0.1, 0.15) is 17.9 Å². The van der Waals surface area contributed by atoms with Gasteiger partial charge in [0, 0.05) is 35.2 Å². The third-order valence-electron chi connectivity index (χ3n) is 5.90. The van der Waals surface area contributed by atoms with Crippen LogP contribution in [-0.4, -0.2) is 50.5 Å². The summed E-state index contributed by atoms with van der Waals surface area (Å²) in [4.78, 5) is 15.2. The molecule has 2 aromatic carbocycles. The number of fused-ring (bicyclic) bond motifs is 1. The number of nitrogens with zero attached hydrogens (tertiary/aromatic N) is 1. The molecule has 0 saturated carbocycles. The third-order valence-corrected chi connectivity index (χ3v) is 5.90. The molecule has 0 unspecified atom stereocenters. The molecule has 0 spiro atoms. The molecule has 0 bridgehead atoms. The summed E-state index contributed by atoms with van der Waals surface area (Å²) in [5.41, 5.74) is 1.23. The summed E-state index contributed by atoms with van der Waals surface area (Å²) in [7, 11) is 4.98. The van der Waals surface area contributed by atoms with Crippen molar-refractivity contribution in [3.63, 3.8) is 0 Å². The summed E-state index contributed by atoms with van der Waals surface area (Å²) in [6.07, 6.45) is 0.771. The Kier molecular flexibility index (Phi) is 5.49. The first-order chi connectivity index (χ1) is 14.5. The van der Waals surface area contributed by atoms with Crippen LogP contribution in [0.2, 0.25) is 0 Å². The van der Waals surface area contributed by atoms with Gasteiger partial charge in [0.15, 0.2) is 5.43 Å². The summed E-state index contributed by atoms with van der Waals surface area (Å²) >= 11 is 0. The van der Waals surface area contributed by atoms with Crippen molar-refractivity contribution in [3.05, 3.63) is 58.0 Å². The molecule has 158 valence electrons. The lowest BCUT2D eigenvalue weighted by Crippen LogP contribution is -2.32. The van der Waals surface area contributed by atoms with Crippen LogP contribution in [0.4, 0.5) is 4.39 Å². The van der Waals surface area contributed by atoms with E-state index in [1.54, 1.807) is 25.3 Å². The molecule has 1 fully saturated rings. The van der Waals surface area contributed by atoms with Gasteiger partial charge >= 0.3 is 0 Å². The Morgan fingerprint density at radius 2 is 1.97 bits per heavy atom. The lowest BCUT2D eigenvalue weighted by atomic mass is 9.89. The van der Waals surface area contributed by atoms with Gasteiger partial charge in [0.25, 0.3) is 0 Å². The Hall–Kier alpha value is -2.90. The molecule has 1 aliphatic rings. The average molecular weight is 413 g/mol. The van der Waals surface area contributed by atoms with Crippen LogP contribution >= 0.6 is 0 Å². The van der Waals surface area contributed by atoms with Gasteiger partial charge in [-0.3, -0.25) is 4.79 Å². The molecule has 1 N–H and O–H groups in total. The van der Waals surface area contributed by atoms with Crippen molar-refractivity contribution in [2.45, 2.75) is 18.4 Å². The van der Waals surface area contributed by atoms with Crippen molar-refractivity contribution in [2.24, 2.45) is 0 Å². The first-order valence-electron chi connectivity index (χ1n) is 9.78. The number of halogens is 1. The Morgan fingerprint density at radius 3 is 2.63 bits per heavy atom. The highest BCUT2D eigenvalue weighted by Gasteiger charge is 2.37. The average Bonchev–Trinajstić information content (AvgIpc) is 3.12. The Labute approximate surface area is 173 Å². The molecule has 2 atom stereocenters. The van der Waals surface area contributed by atoms with Crippen molar-refractivity contribution in [1.29, 1.82) is 0 Å². The number of rotatable bonds is 5. The molecule has 7 heteroatoms. The molecule has 1 aromatic heterocycles. The molecule has 3 aromatic rings. The molecule has 0 aliphatic carbocycles. The van der Waals surface area contributed by atoms with Gasteiger partial charge in [-0.15, -0.1) is 0 Å². The van der Waals surface area contributed by atoms with Crippen molar-refractivity contribution in [2.75, 3.05) is 34.4 Å². The van der Waals surface area contributed by atoms with E-state index in [0.29, 0.717) is 33.6 Å². The number of likely N-dealkylation sites (tertiary alicyclic amines) is 1. The number of hydrogen-bond donors (Lipinski definition) is 1. The molecule has 0 radical (unpaired) electrons. The second kappa shape index (κ2) is 8.08. The Morgan fingerprint density at radius 1 is 1.20 bits per heavy atom. The van der Waals surface area contributed by atoms with Crippen molar-refractivity contribution in [3.8, 4) is 22.8 Å². The van der Waals surface area contributed by atoms with Gasteiger partial charge < -0.3 is 23.9 Å². The second-order valence-electron chi connectivity index (χ2n) is 7.51. The minimum absolute atomic E-state index is 0.0360. The lowest BCUT2D eigenvalue weighted by Gasteiger charge is -2.25. The van der Waals surface area contributed by atoms with E-state index in [4.69, 9.17) is 13.9 Å². The van der Waals surface area contributed by atoms with Crippen LogP contribution in [-0.2, 0) is 0 Å². The second-order valence-corrected chi connectivity index (χ2v) is 7.51. The van der Waals surface area contributed by atoms with E-state index in [9.17, 15) is 14.3 Å². The number of likely N-dealkylation sites (N-methyl/N-ethyl adjacent to an activating group) is 1. The number of aliphatic hydroxyl groups is 1. The van der Waals surface area contributed by atoms with E-state index >= 15 is 0 Å². The number of methoxy groups -OCH3 is 2. The summed E-state index contributed by atoms with van der Waals surface area (Å²) in [6.45, 7) is 0.756. The van der Waals surface area contributed by atoms with Gasteiger partial charge in [0.2, 0.25) is 0 Å². The topological polar surface area (TPSA) is 72.1 Å². The molecule has 6 nitrogen and oxygen atoms in total. The molecule has 2 heterocycles. The molecule has 4 rings (SSSR count). The number of hydrogen-bond acceptors (Lipinski definition) is 6. The number of ether oxygens (including phenoxy) is 2. The highest BCUT2D eigenvalue weighted by Crippen LogP contribution is 2.44. The summed E-state index contributed by atoms with van der Waals surface area (Å²) in [5.74, 6) is 0.607. The lowest BCUT2D eigenvalue weighted by molar-refractivity contribution is 0.171. The van der Waals surface area contributed by atoms with Crippen LogP contribution in [0, 0.1) is 5.82 Å². The third kappa shape index (κ3) is 3.34. The molecule has 30 heavy (non-hydrogen) atoms. The summed E-state index contributed by atoms with van der Waals surface area (Å²) < 4.78 is 31.1. The van der Waals surface area contributed by atoms with E-state index in [-0.39, 0.29) is 29.8 Å². The molecular formula is C23H24FNO5. The fourth-order valence-corrected chi connectivity index (χ4v) is 4.37. The normalized spacial score (nSPS) is 19.4. The number of benzene rings is 2. The standard InChI is InChI=1S/C23H24FNO5/c1-25-8-7-15(16(25)12-26)21-19(28-2)11-20(29-3)22-17(27)10-18(30-23(21)22)13-5-4-6-14(24)9-13/h4-6,9-11,15-16,26H,7-8,12H2,1-3H3/t15-,16+/m0/s1. The maximum atomic E-state index is 13.8. The van der Waals surface area contributed by atoms with Crippen molar-refractivity contribution >= 4 is 11.0 Å². The van der Waals surface area contributed by atoms with Gasteiger partial charge in [0.05, 0.1) is 20.8 Å². The van der Waals surface area contributed by atoms with E-state index in [1.807, 2.05) is 7.05 Å². The zero-order valence-corrected chi connectivity index (χ0v) is 17.1. The Bertz CT molecular complexity index is 1140. The van der Waals surface area contributed by atoms with Crippen LogP contribution in [0.25, 0.3) is 22.3 Å². The Balaban J connectivity index is 2.05. The van der Waals surface area contributed by atoms with Crippen LogP contribution < -0.4 is 14.9 Å². The summed E-state index contributed by atoms with van der Waals surface area (Å²) in [6, 6.07) is 8.79. The minimum Gasteiger partial charge on any atom is -0.496 e. The van der Waals surface area contributed by atoms with Gasteiger partial charge in [-0.2, -0.15) is 0 Å².